The number of ether oxygens (including phenoxy) is 2. The van der Waals surface area contributed by atoms with Gasteiger partial charge in [0.15, 0.2) is 5.69 Å². The zero-order chi connectivity index (χ0) is 25.4. The highest BCUT2D eigenvalue weighted by molar-refractivity contribution is 6.30. The first kappa shape index (κ1) is 23.7. The smallest absolute Gasteiger partial charge is 0.355 e. The summed E-state index contributed by atoms with van der Waals surface area (Å²) in [7, 11) is 0. The van der Waals surface area contributed by atoms with Gasteiger partial charge in [-0.05, 0) is 68.8 Å². The minimum Gasteiger partial charge on any atom is -0.491 e. The Morgan fingerprint density at radius 3 is 2.50 bits per heavy atom. The molecule has 0 unspecified atom stereocenters. The average molecular weight is 506 g/mol. The summed E-state index contributed by atoms with van der Waals surface area (Å²) >= 11 is 6.08. The number of benzene rings is 2. The number of carbonyl (C=O) groups excluding carboxylic acids is 1. The van der Waals surface area contributed by atoms with Crippen molar-refractivity contribution < 1.29 is 24.2 Å². The van der Waals surface area contributed by atoms with Crippen molar-refractivity contribution in [2.75, 3.05) is 11.4 Å². The van der Waals surface area contributed by atoms with Crippen LogP contribution < -0.4 is 14.4 Å². The lowest BCUT2D eigenvalue weighted by atomic mass is 10.2. The molecule has 0 saturated carbocycles. The summed E-state index contributed by atoms with van der Waals surface area (Å²) in [6, 6.07) is 17.5. The minimum atomic E-state index is -1.16. The quantitative estimate of drug-likeness (QED) is 0.327. The predicted octanol–water partition coefficient (Wildman–Crippen LogP) is 6.08. The van der Waals surface area contributed by atoms with Gasteiger partial charge in [0.1, 0.15) is 22.7 Å². The molecule has 5 rings (SSSR count). The van der Waals surface area contributed by atoms with Crippen LogP contribution in [0.2, 0.25) is 5.02 Å². The number of hydrogen-bond acceptors (Lipinski definition) is 5. The molecule has 4 aromatic rings. The Hall–Kier alpha value is -4.04. The first-order valence-electron chi connectivity index (χ1n) is 11.6. The number of fused-ring (bicyclic) bond motifs is 1. The van der Waals surface area contributed by atoms with Crippen LogP contribution in [0.4, 0.5) is 5.69 Å². The van der Waals surface area contributed by atoms with Crippen LogP contribution in [0, 0.1) is 0 Å². The molecule has 0 radical (unpaired) electrons. The molecule has 1 aliphatic heterocycles. The van der Waals surface area contributed by atoms with Crippen LogP contribution >= 0.6 is 11.6 Å². The van der Waals surface area contributed by atoms with Crippen LogP contribution in [0.1, 0.15) is 37.2 Å². The van der Waals surface area contributed by atoms with E-state index in [9.17, 15) is 14.7 Å². The van der Waals surface area contributed by atoms with E-state index in [-0.39, 0.29) is 29.3 Å². The molecule has 1 fully saturated rings. The van der Waals surface area contributed by atoms with Crippen LogP contribution in [-0.2, 0) is 4.79 Å². The number of hydrogen-bond donors (Lipinski definition) is 1. The van der Waals surface area contributed by atoms with Gasteiger partial charge in [0, 0.05) is 29.7 Å². The van der Waals surface area contributed by atoms with Crippen molar-refractivity contribution in [1.29, 1.82) is 0 Å². The fourth-order valence-electron chi connectivity index (χ4n) is 4.39. The Balaban J connectivity index is 1.70. The molecule has 9 heteroatoms. The van der Waals surface area contributed by atoms with E-state index in [0.717, 1.165) is 0 Å². The molecule has 0 bridgehead atoms. The van der Waals surface area contributed by atoms with E-state index in [1.165, 1.54) is 4.90 Å². The molecule has 0 aliphatic carbocycles. The van der Waals surface area contributed by atoms with Gasteiger partial charge < -0.3 is 24.0 Å². The zero-order valence-electron chi connectivity index (χ0n) is 19.8. The maximum Gasteiger partial charge on any atom is 0.355 e. The lowest BCUT2D eigenvalue weighted by Gasteiger charge is -2.16. The van der Waals surface area contributed by atoms with E-state index in [1.807, 2.05) is 13.8 Å². The van der Waals surface area contributed by atoms with E-state index in [0.29, 0.717) is 52.6 Å². The molecule has 1 N–H and O–H groups in total. The average Bonchev–Trinajstić information content (AvgIpc) is 3.39. The topological polar surface area (TPSA) is 93.9 Å². The maximum atomic E-state index is 12.7. The number of aromatic carboxylic acids is 1. The Labute approximate surface area is 212 Å². The third-order valence-corrected chi connectivity index (χ3v) is 6.03. The van der Waals surface area contributed by atoms with Gasteiger partial charge in [-0.15, -0.1) is 0 Å². The summed E-state index contributed by atoms with van der Waals surface area (Å²) in [4.78, 5) is 31.5. The van der Waals surface area contributed by atoms with Crippen molar-refractivity contribution in [3.63, 3.8) is 0 Å². The van der Waals surface area contributed by atoms with Gasteiger partial charge in [0.25, 0.3) is 0 Å². The van der Waals surface area contributed by atoms with E-state index in [2.05, 4.69) is 4.98 Å². The van der Waals surface area contributed by atoms with Gasteiger partial charge >= 0.3 is 5.97 Å². The number of pyridine rings is 1. The number of amides is 1. The Kier molecular flexibility index (Phi) is 6.28. The Morgan fingerprint density at radius 2 is 1.86 bits per heavy atom. The molecule has 2 aromatic carbocycles. The van der Waals surface area contributed by atoms with E-state index in [4.69, 9.17) is 21.1 Å². The van der Waals surface area contributed by atoms with Crippen molar-refractivity contribution in [1.82, 2.24) is 9.55 Å². The molecule has 0 spiro atoms. The van der Waals surface area contributed by atoms with Crippen molar-refractivity contribution in [3.05, 3.63) is 71.4 Å². The van der Waals surface area contributed by atoms with Gasteiger partial charge in [-0.2, -0.15) is 0 Å². The van der Waals surface area contributed by atoms with Crippen LogP contribution in [-0.4, -0.2) is 39.2 Å². The SMILES string of the molecule is CC(C)Oc1ccc(-n2c(C(=O)O)c(N3CCCC3=O)c3nc(Oc4cccc(Cl)c4)ccc32)cc1. The van der Waals surface area contributed by atoms with Crippen molar-refractivity contribution in [2.24, 2.45) is 0 Å². The summed E-state index contributed by atoms with van der Waals surface area (Å²) in [5, 5.41) is 10.8. The van der Waals surface area contributed by atoms with Crippen LogP contribution in [0.15, 0.2) is 60.7 Å². The maximum absolute atomic E-state index is 12.7. The molecule has 1 amide bonds. The first-order chi connectivity index (χ1) is 17.3. The highest BCUT2D eigenvalue weighted by atomic mass is 35.5. The van der Waals surface area contributed by atoms with Gasteiger partial charge in [-0.3, -0.25) is 4.79 Å². The molecule has 36 heavy (non-hydrogen) atoms. The molecule has 2 aromatic heterocycles. The normalized spacial score (nSPS) is 13.6. The molecule has 1 aliphatic rings. The van der Waals surface area contributed by atoms with E-state index in [1.54, 1.807) is 65.2 Å². The second-order valence-corrected chi connectivity index (χ2v) is 9.16. The number of carboxylic acid groups (broad SMARTS) is 1. The second kappa shape index (κ2) is 9.54. The number of halogens is 1. The molecule has 3 heterocycles. The Morgan fingerprint density at radius 1 is 1.08 bits per heavy atom. The summed E-state index contributed by atoms with van der Waals surface area (Å²) < 4.78 is 13.2. The second-order valence-electron chi connectivity index (χ2n) is 8.72. The standard InChI is InChI=1S/C27H24ClN3O5/c1-16(2)35-19-10-8-18(9-11-19)31-21-12-13-22(36-20-6-3-5-17(28)15-20)29-24(21)25(26(31)27(33)34)30-14-4-7-23(30)32/h3,5-6,8-13,15-16H,4,7,14H2,1-2H3,(H,33,34). The zero-order valence-corrected chi connectivity index (χ0v) is 20.5. The van der Waals surface area contributed by atoms with Gasteiger partial charge in [0.2, 0.25) is 11.8 Å². The fourth-order valence-corrected chi connectivity index (χ4v) is 4.57. The monoisotopic (exact) mass is 505 g/mol. The van der Waals surface area contributed by atoms with Gasteiger partial charge in [-0.25, -0.2) is 9.78 Å². The van der Waals surface area contributed by atoms with Crippen molar-refractivity contribution in [2.45, 2.75) is 32.8 Å². The van der Waals surface area contributed by atoms with Crippen molar-refractivity contribution >= 4 is 40.2 Å². The number of anilines is 1. The number of carbonyl (C=O) groups is 2. The highest BCUT2D eigenvalue weighted by Crippen LogP contribution is 2.39. The summed E-state index contributed by atoms with van der Waals surface area (Å²) in [6.45, 7) is 4.29. The molecule has 184 valence electrons. The number of carboxylic acids is 1. The van der Waals surface area contributed by atoms with Gasteiger partial charge in [0.05, 0.1) is 11.6 Å². The number of nitrogens with zero attached hydrogens (tertiary/aromatic N) is 3. The molecule has 0 atom stereocenters. The first-order valence-corrected chi connectivity index (χ1v) is 12.0. The Bertz CT molecular complexity index is 1460. The highest BCUT2D eigenvalue weighted by Gasteiger charge is 2.33. The van der Waals surface area contributed by atoms with E-state index >= 15 is 0 Å². The van der Waals surface area contributed by atoms with E-state index < -0.39 is 5.97 Å². The largest absolute Gasteiger partial charge is 0.491 e. The third-order valence-electron chi connectivity index (χ3n) is 5.79. The summed E-state index contributed by atoms with van der Waals surface area (Å²) in [5.74, 6) is 0.120. The fraction of sp³-hybridized carbons (Fsp3) is 0.222. The molecule has 8 nitrogen and oxygen atoms in total. The van der Waals surface area contributed by atoms with Crippen LogP contribution in [0.3, 0.4) is 0 Å². The molecular weight excluding hydrogens is 482 g/mol. The summed E-state index contributed by atoms with van der Waals surface area (Å²) in [5.41, 5.74) is 1.74. The third kappa shape index (κ3) is 4.47. The number of aromatic nitrogens is 2. The molecule has 1 saturated heterocycles. The van der Waals surface area contributed by atoms with Gasteiger partial charge in [-0.1, -0.05) is 17.7 Å². The number of rotatable bonds is 7. The molecular formula is C27H24ClN3O5. The summed E-state index contributed by atoms with van der Waals surface area (Å²) in [6.07, 6.45) is 1.00. The van der Waals surface area contributed by atoms with Crippen molar-refractivity contribution in [3.8, 4) is 23.1 Å². The van der Waals surface area contributed by atoms with Crippen LogP contribution in [0.25, 0.3) is 16.7 Å². The predicted molar refractivity (Wildman–Crippen MR) is 137 cm³/mol. The van der Waals surface area contributed by atoms with Crippen LogP contribution in [0.5, 0.6) is 17.4 Å². The lowest BCUT2D eigenvalue weighted by Crippen LogP contribution is -2.26. The minimum absolute atomic E-state index is 0.00716. The lowest BCUT2D eigenvalue weighted by molar-refractivity contribution is -0.117.